The van der Waals surface area contributed by atoms with E-state index in [0.717, 1.165) is 11.4 Å². The van der Waals surface area contributed by atoms with Crippen molar-refractivity contribution in [2.75, 3.05) is 5.32 Å². The lowest BCUT2D eigenvalue weighted by molar-refractivity contribution is 0.0938. The van der Waals surface area contributed by atoms with E-state index in [1.165, 1.54) is 11.1 Å². The van der Waals surface area contributed by atoms with Crippen molar-refractivity contribution in [3.8, 4) is 0 Å². The number of hydrogen-bond acceptors (Lipinski definition) is 3. The highest BCUT2D eigenvalue weighted by Gasteiger charge is 2.09. The van der Waals surface area contributed by atoms with E-state index >= 15 is 0 Å². The smallest absolute Gasteiger partial charge is 0.270 e. The zero-order valence-corrected chi connectivity index (χ0v) is 12.9. The molecule has 0 saturated carbocycles. The summed E-state index contributed by atoms with van der Waals surface area (Å²) in [6, 6.07) is 9.88. The summed E-state index contributed by atoms with van der Waals surface area (Å²) in [5.74, 6) is -0.159. The maximum atomic E-state index is 12.0. The molecule has 2 aromatic rings. The summed E-state index contributed by atoms with van der Waals surface area (Å²) in [5, 5.41) is 6.14. The average Bonchev–Trinajstić information content (AvgIpc) is 2.42. The van der Waals surface area contributed by atoms with Gasteiger partial charge in [0.1, 0.15) is 5.69 Å². The van der Waals surface area contributed by atoms with Crippen molar-refractivity contribution in [1.82, 2.24) is 10.3 Å². The second kappa shape index (κ2) is 6.39. The van der Waals surface area contributed by atoms with E-state index < -0.39 is 0 Å². The summed E-state index contributed by atoms with van der Waals surface area (Å²) in [5.41, 5.74) is 4.75. The summed E-state index contributed by atoms with van der Waals surface area (Å²) >= 11 is 0. The highest BCUT2D eigenvalue weighted by Crippen LogP contribution is 2.19. The molecule has 0 aliphatic carbocycles. The molecule has 110 valence electrons. The Bertz CT molecular complexity index is 650. The van der Waals surface area contributed by atoms with Gasteiger partial charge in [-0.25, -0.2) is 0 Å². The van der Waals surface area contributed by atoms with E-state index in [1.54, 1.807) is 12.3 Å². The number of carbonyl (C=O) groups is 1. The maximum absolute atomic E-state index is 12.0. The largest absolute Gasteiger partial charge is 0.355 e. The van der Waals surface area contributed by atoms with Crippen LogP contribution in [-0.2, 0) is 0 Å². The topological polar surface area (TPSA) is 54.0 Å². The molecule has 0 aliphatic heterocycles. The third-order valence-electron chi connectivity index (χ3n) is 3.21. The lowest BCUT2D eigenvalue weighted by Gasteiger charge is -2.11. The summed E-state index contributed by atoms with van der Waals surface area (Å²) in [4.78, 5) is 16.1. The molecular weight excluding hydrogens is 262 g/mol. The Balaban J connectivity index is 2.17. The van der Waals surface area contributed by atoms with Crippen LogP contribution in [-0.4, -0.2) is 16.9 Å². The number of rotatable bonds is 4. The molecule has 0 fully saturated rings. The molecule has 0 saturated heterocycles. The number of aryl methyl sites for hydroxylation is 2. The molecule has 0 aliphatic rings. The van der Waals surface area contributed by atoms with Crippen molar-refractivity contribution in [2.45, 2.75) is 33.7 Å². The third-order valence-corrected chi connectivity index (χ3v) is 3.21. The Morgan fingerprint density at radius 2 is 1.76 bits per heavy atom. The minimum absolute atomic E-state index is 0.0932. The van der Waals surface area contributed by atoms with Gasteiger partial charge >= 0.3 is 0 Å². The van der Waals surface area contributed by atoms with Crippen LogP contribution in [0.15, 0.2) is 36.5 Å². The first-order valence-corrected chi connectivity index (χ1v) is 7.07. The highest BCUT2D eigenvalue weighted by atomic mass is 16.1. The number of carbonyl (C=O) groups excluding carboxylic acids is 1. The first kappa shape index (κ1) is 15.0. The molecule has 21 heavy (non-hydrogen) atoms. The fourth-order valence-corrected chi connectivity index (χ4v) is 1.95. The maximum Gasteiger partial charge on any atom is 0.270 e. The van der Waals surface area contributed by atoms with E-state index in [9.17, 15) is 4.79 Å². The van der Waals surface area contributed by atoms with E-state index in [2.05, 4.69) is 41.6 Å². The predicted octanol–water partition coefficient (Wildman–Crippen LogP) is 3.58. The van der Waals surface area contributed by atoms with Crippen molar-refractivity contribution < 1.29 is 4.79 Å². The molecule has 2 N–H and O–H groups in total. The lowest BCUT2D eigenvalue weighted by atomic mass is 10.1. The minimum atomic E-state index is -0.159. The number of aromatic nitrogens is 1. The molecule has 0 atom stereocenters. The second-order valence-corrected chi connectivity index (χ2v) is 5.48. The molecule has 0 spiro atoms. The van der Waals surface area contributed by atoms with E-state index in [1.807, 2.05) is 26.0 Å². The predicted molar refractivity (Wildman–Crippen MR) is 86.0 cm³/mol. The van der Waals surface area contributed by atoms with Crippen molar-refractivity contribution in [3.63, 3.8) is 0 Å². The van der Waals surface area contributed by atoms with Crippen molar-refractivity contribution in [3.05, 3.63) is 53.3 Å². The van der Waals surface area contributed by atoms with Gasteiger partial charge in [0.2, 0.25) is 0 Å². The highest BCUT2D eigenvalue weighted by molar-refractivity contribution is 5.93. The number of pyridine rings is 1. The normalized spacial score (nSPS) is 10.5. The molecule has 4 heteroatoms. The zero-order chi connectivity index (χ0) is 15.4. The van der Waals surface area contributed by atoms with Crippen LogP contribution in [0, 0.1) is 13.8 Å². The molecular formula is C17H21N3O. The van der Waals surface area contributed by atoms with Crippen LogP contribution in [0.2, 0.25) is 0 Å². The van der Waals surface area contributed by atoms with Gasteiger partial charge in [-0.2, -0.15) is 0 Å². The number of benzene rings is 1. The van der Waals surface area contributed by atoms with Gasteiger partial charge in [-0.15, -0.1) is 0 Å². The second-order valence-electron chi connectivity index (χ2n) is 5.48. The Hall–Kier alpha value is -2.36. The minimum Gasteiger partial charge on any atom is -0.355 e. The number of nitrogens with one attached hydrogen (secondary N) is 2. The average molecular weight is 283 g/mol. The van der Waals surface area contributed by atoms with Crippen LogP contribution in [0.3, 0.4) is 0 Å². The summed E-state index contributed by atoms with van der Waals surface area (Å²) in [6.07, 6.45) is 1.64. The fourth-order valence-electron chi connectivity index (χ4n) is 1.95. The standard InChI is InChI=1S/C17H21N3O/c1-11(2)19-17(21)16-10-15(7-8-18-16)20-14-6-5-12(3)13(4)9-14/h5-11H,1-4H3,(H,18,20)(H,19,21). The van der Waals surface area contributed by atoms with Crippen molar-refractivity contribution >= 4 is 17.3 Å². The number of amides is 1. The van der Waals surface area contributed by atoms with Crippen LogP contribution in [0.1, 0.15) is 35.5 Å². The molecule has 0 unspecified atom stereocenters. The van der Waals surface area contributed by atoms with Gasteiger partial charge < -0.3 is 10.6 Å². The van der Waals surface area contributed by atoms with Crippen molar-refractivity contribution in [2.24, 2.45) is 0 Å². The van der Waals surface area contributed by atoms with Gasteiger partial charge in [-0.05, 0) is 63.1 Å². The molecule has 1 aromatic carbocycles. The lowest BCUT2D eigenvalue weighted by Crippen LogP contribution is -2.30. The number of hydrogen-bond donors (Lipinski definition) is 2. The summed E-state index contributed by atoms with van der Waals surface area (Å²) < 4.78 is 0. The molecule has 1 heterocycles. The summed E-state index contributed by atoms with van der Waals surface area (Å²) in [7, 11) is 0. The SMILES string of the molecule is Cc1ccc(Nc2ccnc(C(=O)NC(C)C)c2)cc1C. The quantitative estimate of drug-likeness (QED) is 0.901. The third kappa shape index (κ3) is 4.05. The molecule has 0 bridgehead atoms. The Kier molecular flexibility index (Phi) is 4.58. The van der Waals surface area contributed by atoms with E-state index in [0.29, 0.717) is 5.69 Å². The Morgan fingerprint density at radius 3 is 2.43 bits per heavy atom. The van der Waals surface area contributed by atoms with Gasteiger partial charge in [-0.1, -0.05) is 6.07 Å². The van der Waals surface area contributed by atoms with Crippen LogP contribution in [0.4, 0.5) is 11.4 Å². The molecule has 2 rings (SSSR count). The van der Waals surface area contributed by atoms with E-state index in [4.69, 9.17) is 0 Å². The first-order chi connectivity index (χ1) is 9.95. The molecule has 4 nitrogen and oxygen atoms in total. The summed E-state index contributed by atoms with van der Waals surface area (Å²) in [6.45, 7) is 8.01. The molecule has 1 amide bonds. The van der Waals surface area contributed by atoms with Gasteiger partial charge in [0.25, 0.3) is 5.91 Å². The van der Waals surface area contributed by atoms with Crippen molar-refractivity contribution in [1.29, 1.82) is 0 Å². The van der Waals surface area contributed by atoms with Crippen LogP contribution < -0.4 is 10.6 Å². The van der Waals surface area contributed by atoms with Crippen LogP contribution in [0.5, 0.6) is 0 Å². The molecule has 1 aromatic heterocycles. The van der Waals surface area contributed by atoms with Gasteiger partial charge in [0, 0.05) is 23.6 Å². The van der Waals surface area contributed by atoms with Gasteiger partial charge in [0.15, 0.2) is 0 Å². The van der Waals surface area contributed by atoms with E-state index in [-0.39, 0.29) is 11.9 Å². The number of anilines is 2. The fraction of sp³-hybridized carbons (Fsp3) is 0.294. The zero-order valence-electron chi connectivity index (χ0n) is 12.9. The van der Waals surface area contributed by atoms with Crippen LogP contribution in [0.25, 0.3) is 0 Å². The van der Waals surface area contributed by atoms with Gasteiger partial charge in [-0.3, -0.25) is 9.78 Å². The number of nitrogens with zero attached hydrogens (tertiary/aromatic N) is 1. The molecule has 0 radical (unpaired) electrons. The monoisotopic (exact) mass is 283 g/mol. The van der Waals surface area contributed by atoms with Crippen LogP contribution >= 0.6 is 0 Å². The van der Waals surface area contributed by atoms with Gasteiger partial charge in [0.05, 0.1) is 0 Å². The Labute approximate surface area is 125 Å². The Morgan fingerprint density at radius 1 is 1.05 bits per heavy atom. The first-order valence-electron chi connectivity index (χ1n) is 7.07.